The van der Waals surface area contributed by atoms with E-state index in [9.17, 15) is 13.2 Å². The molecule has 0 radical (unpaired) electrons. The van der Waals surface area contributed by atoms with Crippen molar-refractivity contribution in [2.45, 2.75) is 44.9 Å². The number of carbonyl (C=O) groups is 1. The van der Waals surface area contributed by atoms with E-state index in [0.29, 0.717) is 10.8 Å². The van der Waals surface area contributed by atoms with E-state index in [1.807, 2.05) is 26.0 Å². The van der Waals surface area contributed by atoms with E-state index in [1.165, 1.54) is 12.1 Å². The van der Waals surface area contributed by atoms with Gasteiger partial charge in [0.25, 0.3) is 15.9 Å². The highest BCUT2D eigenvalue weighted by molar-refractivity contribution is 7.93. The van der Waals surface area contributed by atoms with E-state index in [2.05, 4.69) is 6.92 Å². The summed E-state index contributed by atoms with van der Waals surface area (Å²) >= 11 is 6.05. The summed E-state index contributed by atoms with van der Waals surface area (Å²) in [6.07, 6.45) is 3.00. The molecule has 0 bridgehead atoms. The number of sulfonamides is 1. The number of benzene rings is 3. The van der Waals surface area contributed by atoms with Crippen LogP contribution in [0.2, 0.25) is 5.02 Å². The van der Waals surface area contributed by atoms with Crippen molar-refractivity contribution in [1.29, 1.82) is 0 Å². The number of anilines is 1. The van der Waals surface area contributed by atoms with Crippen LogP contribution in [-0.4, -0.2) is 20.9 Å². The lowest BCUT2D eigenvalue weighted by Crippen LogP contribution is -2.40. The van der Waals surface area contributed by atoms with Gasteiger partial charge < -0.3 is 4.74 Å². The molecule has 0 atom stereocenters. The van der Waals surface area contributed by atoms with Gasteiger partial charge in [0.1, 0.15) is 5.75 Å². The highest BCUT2D eigenvalue weighted by atomic mass is 35.5. The van der Waals surface area contributed by atoms with Gasteiger partial charge in [0.2, 0.25) is 0 Å². The molecule has 3 aromatic carbocycles. The zero-order valence-corrected chi connectivity index (χ0v) is 20.6. The maximum Gasteiger partial charge on any atom is 0.278 e. The van der Waals surface area contributed by atoms with Crippen molar-refractivity contribution in [1.82, 2.24) is 0 Å². The SMILES string of the molecule is CCCCc1ccc(N(C(=O)COc2ccc(Cl)c(C)c2)S(=O)(=O)c2ccc(C)cc2)cc1. The highest BCUT2D eigenvalue weighted by Gasteiger charge is 2.31. The van der Waals surface area contributed by atoms with Crippen LogP contribution in [0.5, 0.6) is 5.75 Å². The Hall–Kier alpha value is -2.83. The van der Waals surface area contributed by atoms with Crippen LogP contribution in [0.3, 0.4) is 0 Å². The van der Waals surface area contributed by atoms with Gasteiger partial charge in [0, 0.05) is 5.02 Å². The second-order valence-corrected chi connectivity index (χ2v) is 10.1. The van der Waals surface area contributed by atoms with Crippen LogP contribution >= 0.6 is 11.6 Å². The van der Waals surface area contributed by atoms with Crippen molar-refractivity contribution in [3.63, 3.8) is 0 Å². The third kappa shape index (κ3) is 6.15. The standard InChI is InChI=1S/C26H28ClNO4S/c1-4-5-6-21-9-11-22(12-10-21)28(33(30,31)24-14-7-19(2)8-15-24)26(29)18-32-23-13-16-25(27)20(3)17-23/h7-17H,4-6,18H2,1-3H3. The summed E-state index contributed by atoms with van der Waals surface area (Å²) in [5.41, 5.74) is 3.09. The third-order valence-corrected chi connectivity index (χ3v) is 7.45. The summed E-state index contributed by atoms with van der Waals surface area (Å²) < 4.78 is 33.4. The fraction of sp³-hybridized carbons (Fsp3) is 0.269. The lowest BCUT2D eigenvalue weighted by atomic mass is 10.1. The predicted molar refractivity (Wildman–Crippen MR) is 133 cm³/mol. The summed E-state index contributed by atoms with van der Waals surface area (Å²) in [4.78, 5) is 13.2. The first kappa shape index (κ1) is 24.8. The normalized spacial score (nSPS) is 11.3. The Balaban J connectivity index is 1.92. The molecule has 3 aromatic rings. The topological polar surface area (TPSA) is 63.7 Å². The molecule has 0 saturated carbocycles. The molecule has 0 aliphatic heterocycles. The summed E-state index contributed by atoms with van der Waals surface area (Å²) in [5.74, 6) is -0.252. The third-order valence-electron chi connectivity index (χ3n) is 5.27. The minimum atomic E-state index is -4.14. The fourth-order valence-electron chi connectivity index (χ4n) is 3.32. The molecule has 0 saturated heterocycles. The molecule has 5 nitrogen and oxygen atoms in total. The number of nitrogens with zero attached hydrogens (tertiary/aromatic N) is 1. The molecule has 1 amide bonds. The molecule has 0 N–H and O–H groups in total. The minimum Gasteiger partial charge on any atom is -0.484 e. The van der Waals surface area contributed by atoms with Crippen molar-refractivity contribution in [2.24, 2.45) is 0 Å². The van der Waals surface area contributed by atoms with Crippen LogP contribution in [0.1, 0.15) is 36.5 Å². The van der Waals surface area contributed by atoms with Crippen LogP contribution in [0, 0.1) is 13.8 Å². The first-order valence-electron chi connectivity index (χ1n) is 10.8. The molecule has 0 aliphatic carbocycles. The van der Waals surface area contributed by atoms with Gasteiger partial charge >= 0.3 is 0 Å². The molecule has 0 spiro atoms. The Morgan fingerprint density at radius 3 is 2.24 bits per heavy atom. The molecule has 3 rings (SSSR count). The molecule has 0 fully saturated rings. The molecular formula is C26H28ClNO4S. The number of ether oxygens (including phenoxy) is 1. The van der Waals surface area contributed by atoms with Crippen LogP contribution < -0.4 is 9.04 Å². The van der Waals surface area contributed by atoms with Crippen molar-refractivity contribution in [2.75, 3.05) is 10.9 Å². The van der Waals surface area contributed by atoms with E-state index in [0.717, 1.165) is 40.3 Å². The second-order valence-electron chi connectivity index (χ2n) is 7.95. The zero-order valence-electron chi connectivity index (χ0n) is 19.0. The van der Waals surface area contributed by atoms with Gasteiger partial charge in [-0.05, 0) is 80.3 Å². The summed E-state index contributed by atoms with van der Waals surface area (Å²) in [6.45, 7) is 5.37. The lowest BCUT2D eigenvalue weighted by Gasteiger charge is -2.23. The van der Waals surface area contributed by atoms with E-state index in [4.69, 9.17) is 16.3 Å². The largest absolute Gasteiger partial charge is 0.484 e. The monoisotopic (exact) mass is 485 g/mol. The molecular weight excluding hydrogens is 458 g/mol. The average Bonchev–Trinajstić information content (AvgIpc) is 2.79. The number of aryl methyl sites for hydroxylation is 3. The number of carbonyl (C=O) groups excluding carboxylic acids is 1. The Morgan fingerprint density at radius 2 is 1.64 bits per heavy atom. The number of unbranched alkanes of at least 4 members (excludes halogenated alkanes) is 1. The number of rotatable bonds is 9. The summed E-state index contributed by atoms with van der Waals surface area (Å²) in [7, 11) is -4.14. The molecule has 7 heteroatoms. The van der Waals surface area contributed by atoms with Gasteiger partial charge in [-0.15, -0.1) is 0 Å². The zero-order chi connectivity index (χ0) is 24.0. The second kappa shape index (κ2) is 10.9. The fourth-order valence-corrected chi connectivity index (χ4v) is 4.85. The maximum absolute atomic E-state index is 13.5. The average molecular weight is 486 g/mol. The highest BCUT2D eigenvalue weighted by Crippen LogP contribution is 2.26. The van der Waals surface area contributed by atoms with Crippen LogP contribution in [0.25, 0.3) is 0 Å². The van der Waals surface area contributed by atoms with Gasteiger partial charge in [0.15, 0.2) is 6.61 Å². The quantitative estimate of drug-likeness (QED) is 0.367. The van der Waals surface area contributed by atoms with Gasteiger partial charge in [-0.25, -0.2) is 8.42 Å². The van der Waals surface area contributed by atoms with E-state index >= 15 is 0 Å². The van der Waals surface area contributed by atoms with Crippen molar-refractivity contribution in [3.05, 3.63) is 88.4 Å². The Bertz CT molecular complexity index is 1210. The van der Waals surface area contributed by atoms with Gasteiger partial charge in [-0.3, -0.25) is 4.79 Å². The van der Waals surface area contributed by atoms with E-state index in [-0.39, 0.29) is 10.6 Å². The first-order chi connectivity index (χ1) is 15.7. The molecule has 0 unspecified atom stereocenters. The number of hydrogen-bond donors (Lipinski definition) is 0. The number of hydrogen-bond acceptors (Lipinski definition) is 4. The van der Waals surface area contributed by atoms with E-state index in [1.54, 1.807) is 42.5 Å². The van der Waals surface area contributed by atoms with Crippen molar-refractivity contribution in [3.8, 4) is 5.75 Å². The van der Waals surface area contributed by atoms with Crippen LogP contribution in [-0.2, 0) is 21.2 Å². The summed E-state index contributed by atoms with van der Waals surface area (Å²) in [6, 6.07) is 18.5. The van der Waals surface area contributed by atoms with Gasteiger partial charge in [-0.2, -0.15) is 4.31 Å². The predicted octanol–water partition coefficient (Wildman–Crippen LogP) is 6.10. The minimum absolute atomic E-state index is 0.0406. The summed E-state index contributed by atoms with van der Waals surface area (Å²) in [5, 5.41) is 0.584. The Labute approximate surface area is 201 Å². The van der Waals surface area contributed by atoms with Crippen LogP contribution in [0.4, 0.5) is 5.69 Å². The number of halogens is 1. The molecule has 33 heavy (non-hydrogen) atoms. The van der Waals surface area contributed by atoms with Crippen molar-refractivity contribution >= 4 is 33.2 Å². The lowest BCUT2D eigenvalue weighted by molar-refractivity contribution is -0.119. The first-order valence-corrected chi connectivity index (χ1v) is 12.7. The van der Waals surface area contributed by atoms with Crippen LogP contribution in [0.15, 0.2) is 71.6 Å². The van der Waals surface area contributed by atoms with Crippen molar-refractivity contribution < 1.29 is 17.9 Å². The molecule has 0 heterocycles. The Morgan fingerprint density at radius 1 is 0.970 bits per heavy atom. The Kier molecular flexibility index (Phi) is 8.16. The molecule has 174 valence electrons. The van der Waals surface area contributed by atoms with Gasteiger partial charge in [0.05, 0.1) is 10.6 Å². The van der Waals surface area contributed by atoms with Gasteiger partial charge in [-0.1, -0.05) is 54.8 Å². The molecule has 0 aliphatic rings. The number of amides is 1. The molecule has 0 aromatic heterocycles. The maximum atomic E-state index is 13.5. The van der Waals surface area contributed by atoms with E-state index < -0.39 is 22.5 Å². The smallest absolute Gasteiger partial charge is 0.278 e.